The molecule has 3 aromatic carbocycles. The molecule has 1 heterocycles. The van der Waals surface area contributed by atoms with Crippen molar-refractivity contribution in [3.8, 4) is 5.75 Å². The van der Waals surface area contributed by atoms with Crippen LogP contribution in [-0.4, -0.2) is 37.4 Å². The highest BCUT2D eigenvalue weighted by Gasteiger charge is 2.13. The van der Waals surface area contributed by atoms with E-state index in [-0.39, 0.29) is 5.56 Å². The van der Waals surface area contributed by atoms with Gasteiger partial charge in [0.15, 0.2) is 0 Å². The topological polar surface area (TPSA) is 91.0 Å². The summed E-state index contributed by atoms with van der Waals surface area (Å²) in [5.41, 5.74) is 3.24. The van der Waals surface area contributed by atoms with E-state index in [0.29, 0.717) is 30.9 Å². The first-order valence-corrected chi connectivity index (χ1v) is 10.1. The van der Waals surface area contributed by atoms with Gasteiger partial charge in [-0.15, -0.1) is 0 Å². The molecule has 3 aromatic rings. The van der Waals surface area contributed by atoms with E-state index in [4.69, 9.17) is 4.74 Å². The van der Waals surface area contributed by atoms with Gasteiger partial charge in [-0.2, -0.15) is 0 Å². The molecule has 0 spiro atoms. The first-order chi connectivity index (χ1) is 15.1. The average Bonchev–Trinajstić information content (AvgIpc) is 2.80. The fourth-order valence-electron chi connectivity index (χ4n) is 3.58. The Morgan fingerprint density at radius 3 is 2.39 bits per heavy atom. The van der Waals surface area contributed by atoms with Crippen LogP contribution in [0.4, 0.5) is 17.1 Å². The van der Waals surface area contributed by atoms with Crippen molar-refractivity contribution >= 4 is 23.3 Å². The average molecular weight is 416 g/mol. The predicted octanol–water partition coefficient (Wildman–Crippen LogP) is 3.85. The summed E-state index contributed by atoms with van der Waals surface area (Å²) in [5, 5.41) is 23.9. The maximum atomic E-state index is 12.5. The summed E-state index contributed by atoms with van der Waals surface area (Å²) < 4.78 is 5.37. The lowest BCUT2D eigenvalue weighted by Crippen LogP contribution is -2.36. The van der Waals surface area contributed by atoms with E-state index >= 15 is 0 Å². The molecule has 0 bridgehead atoms. The van der Waals surface area contributed by atoms with Gasteiger partial charge in [-0.3, -0.25) is 15.1 Å². The Morgan fingerprint density at radius 1 is 1.00 bits per heavy atom. The molecule has 7 nitrogen and oxygen atoms in total. The third kappa shape index (κ3) is 5.07. The molecule has 0 aromatic heterocycles. The highest BCUT2D eigenvalue weighted by Crippen LogP contribution is 2.29. The summed E-state index contributed by atoms with van der Waals surface area (Å²) in [6, 6.07) is 20.3. The lowest BCUT2D eigenvalue weighted by atomic mass is 10.0. The van der Waals surface area contributed by atoms with Crippen molar-refractivity contribution in [1.29, 1.82) is 0 Å². The second kappa shape index (κ2) is 9.40. The van der Waals surface area contributed by atoms with Crippen LogP contribution in [0.2, 0.25) is 0 Å². The van der Waals surface area contributed by atoms with Crippen molar-refractivity contribution < 1.29 is 14.8 Å². The number of nitro benzene ring substituents is 1. The fourth-order valence-corrected chi connectivity index (χ4v) is 3.58. The lowest BCUT2D eigenvalue weighted by molar-refractivity contribution is -0.398. The summed E-state index contributed by atoms with van der Waals surface area (Å²) in [6.07, 6.45) is 1.91. The molecule has 4 rings (SSSR count). The van der Waals surface area contributed by atoms with Gasteiger partial charge in [0.25, 0.3) is 5.69 Å². The third-order valence-corrected chi connectivity index (χ3v) is 5.18. The van der Waals surface area contributed by atoms with Gasteiger partial charge in [-0.1, -0.05) is 30.3 Å². The van der Waals surface area contributed by atoms with Crippen LogP contribution >= 0.6 is 0 Å². The predicted molar refractivity (Wildman–Crippen MR) is 119 cm³/mol. The van der Waals surface area contributed by atoms with Gasteiger partial charge in [0.1, 0.15) is 0 Å². The SMILES string of the molecule is O=[N+]([O-])c1cc(Cc2ccccc2)cc(C=Nc2ccc(N3CCOCC3)cc2)c1[O-]. The number of nitrogens with zero attached hydrogens (tertiary/aromatic N) is 3. The third-order valence-electron chi connectivity index (χ3n) is 5.18. The van der Waals surface area contributed by atoms with Crippen molar-refractivity contribution in [3.63, 3.8) is 0 Å². The first kappa shape index (κ1) is 20.6. The molecule has 1 saturated heterocycles. The summed E-state index contributed by atoms with van der Waals surface area (Å²) >= 11 is 0. The van der Waals surface area contributed by atoms with E-state index in [0.717, 1.165) is 24.3 Å². The summed E-state index contributed by atoms with van der Waals surface area (Å²) in [7, 11) is 0. The Hall–Kier alpha value is -3.71. The van der Waals surface area contributed by atoms with Gasteiger partial charge < -0.3 is 14.7 Å². The van der Waals surface area contributed by atoms with Crippen molar-refractivity contribution in [2.45, 2.75) is 6.42 Å². The molecule has 0 N–H and O–H groups in total. The molecule has 0 amide bonds. The molecule has 31 heavy (non-hydrogen) atoms. The van der Waals surface area contributed by atoms with E-state index in [1.54, 1.807) is 6.07 Å². The van der Waals surface area contributed by atoms with Crippen LogP contribution in [0.25, 0.3) is 0 Å². The number of rotatable bonds is 6. The summed E-state index contributed by atoms with van der Waals surface area (Å²) in [4.78, 5) is 17.4. The van der Waals surface area contributed by atoms with Crippen LogP contribution in [0.3, 0.4) is 0 Å². The zero-order valence-electron chi connectivity index (χ0n) is 16.9. The molecule has 0 aliphatic carbocycles. The van der Waals surface area contributed by atoms with Gasteiger partial charge >= 0.3 is 0 Å². The number of nitro groups is 1. The monoisotopic (exact) mass is 416 g/mol. The van der Waals surface area contributed by atoms with E-state index in [1.807, 2.05) is 54.6 Å². The van der Waals surface area contributed by atoms with Crippen molar-refractivity contribution in [3.05, 3.63) is 93.5 Å². The van der Waals surface area contributed by atoms with E-state index in [2.05, 4.69) is 9.89 Å². The van der Waals surface area contributed by atoms with Crippen LogP contribution in [0.15, 0.2) is 71.7 Å². The normalized spacial score (nSPS) is 14.1. The molecule has 0 radical (unpaired) electrons. The molecule has 7 heteroatoms. The summed E-state index contributed by atoms with van der Waals surface area (Å²) in [6.45, 7) is 3.12. The molecule has 158 valence electrons. The smallest absolute Gasteiger partial charge is 0.262 e. The molecule has 1 fully saturated rings. The molecular formula is C24H22N3O4-. The van der Waals surface area contributed by atoms with Crippen LogP contribution in [-0.2, 0) is 11.2 Å². The minimum atomic E-state index is -0.634. The van der Waals surface area contributed by atoms with Crippen molar-refractivity contribution in [1.82, 2.24) is 0 Å². The summed E-state index contributed by atoms with van der Waals surface area (Å²) in [5.74, 6) is -0.629. The van der Waals surface area contributed by atoms with Crippen LogP contribution in [0, 0.1) is 10.1 Å². The molecule has 1 aliphatic rings. The Bertz CT molecular complexity index is 1080. The molecule has 1 aliphatic heterocycles. The second-order valence-electron chi connectivity index (χ2n) is 7.33. The number of aliphatic imine (C=N–C) groups is 1. The highest BCUT2D eigenvalue weighted by molar-refractivity contribution is 5.87. The van der Waals surface area contributed by atoms with E-state index in [1.165, 1.54) is 12.3 Å². The lowest BCUT2D eigenvalue weighted by Gasteiger charge is -2.28. The van der Waals surface area contributed by atoms with Crippen LogP contribution in [0.5, 0.6) is 5.75 Å². The number of ether oxygens (including phenoxy) is 1. The zero-order valence-corrected chi connectivity index (χ0v) is 16.9. The zero-order chi connectivity index (χ0) is 21.6. The number of morpholine rings is 1. The van der Waals surface area contributed by atoms with Crippen molar-refractivity contribution in [2.75, 3.05) is 31.2 Å². The Labute approximate surface area is 180 Å². The van der Waals surface area contributed by atoms with Gasteiger partial charge in [0.2, 0.25) is 0 Å². The quantitative estimate of drug-likeness (QED) is 0.346. The molecule has 0 unspecified atom stereocenters. The Kier molecular flexibility index (Phi) is 6.24. The molecule has 0 saturated carbocycles. The Balaban J connectivity index is 1.57. The van der Waals surface area contributed by atoms with E-state index in [9.17, 15) is 15.2 Å². The minimum Gasteiger partial charge on any atom is -0.867 e. The maximum Gasteiger partial charge on any atom is 0.262 e. The fraction of sp³-hybridized carbons (Fsp3) is 0.208. The second-order valence-corrected chi connectivity index (χ2v) is 7.33. The van der Waals surface area contributed by atoms with Crippen LogP contribution < -0.4 is 10.0 Å². The number of anilines is 1. The van der Waals surface area contributed by atoms with Crippen LogP contribution in [0.1, 0.15) is 16.7 Å². The number of hydrogen-bond acceptors (Lipinski definition) is 6. The highest BCUT2D eigenvalue weighted by atomic mass is 16.6. The van der Waals surface area contributed by atoms with Crippen molar-refractivity contribution in [2.24, 2.45) is 4.99 Å². The first-order valence-electron chi connectivity index (χ1n) is 10.1. The van der Waals surface area contributed by atoms with Gasteiger partial charge in [0, 0.05) is 31.1 Å². The number of benzene rings is 3. The Morgan fingerprint density at radius 2 is 1.71 bits per heavy atom. The number of hydrogen-bond donors (Lipinski definition) is 0. The molecule has 0 atom stereocenters. The van der Waals surface area contributed by atoms with Gasteiger partial charge in [-0.25, -0.2) is 0 Å². The van der Waals surface area contributed by atoms with E-state index < -0.39 is 16.4 Å². The minimum absolute atomic E-state index is 0.206. The standard InChI is InChI=1S/C24H23N3O4/c28-24-20(15-19(16-23(24)27(29)30)14-18-4-2-1-3-5-18)17-25-21-6-8-22(9-7-21)26-10-12-31-13-11-26/h1-9,15-17,28H,10-14H2/p-1. The molecular weight excluding hydrogens is 394 g/mol. The van der Waals surface area contributed by atoms with Gasteiger partial charge in [-0.05, 0) is 59.2 Å². The largest absolute Gasteiger partial charge is 0.867 e. The maximum absolute atomic E-state index is 12.5. The van der Waals surface area contributed by atoms with Gasteiger partial charge in [0.05, 0.1) is 23.8 Å².